The Labute approximate surface area is 196 Å². The Morgan fingerprint density at radius 1 is 0.912 bits per heavy atom. The quantitative estimate of drug-likeness (QED) is 0.436. The van der Waals surface area contributed by atoms with Crippen molar-refractivity contribution in [2.45, 2.75) is 16.3 Å². The number of rotatable bonds is 7. The summed E-state index contributed by atoms with van der Waals surface area (Å²) in [5.74, 6) is 0.568. The second-order valence-electron chi connectivity index (χ2n) is 7.43. The van der Waals surface area contributed by atoms with Crippen molar-refractivity contribution >= 4 is 32.3 Å². The summed E-state index contributed by atoms with van der Waals surface area (Å²) in [6, 6.07) is 19.3. The molecule has 34 heavy (non-hydrogen) atoms. The van der Waals surface area contributed by atoms with Gasteiger partial charge in [-0.05, 0) is 42.5 Å². The van der Waals surface area contributed by atoms with Crippen LogP contribution in [0.4, 0.5) is 5.69 Å². The number of methoxy groups -OCH3 is 2. The molecule has 1 aromatic heterocycles. The highest BCUT2D eigenvalue weighted by Crippen LogP contribution is 2.24. The van der Waals surface area contributed by atoms with Gasteiger partial charge in [-0.25, -0.2) is 8.42 Å². The molecule has 0 unspecified atom stereocenters. The number of aromatic nitrogens is 1. The molecule has 0 aliphatic carbocycles. The number of pyridine rings is 1. The summed E-state index contributed by atoms with van der Waals surface area (Å²) in [5, 5.41) is 2.89. The standard InChI is InChI=1S/C25H22N2O6S/c1-32-18-8-6-7-17(13-18)26-24(28)16-27-15-23(34(30,31)20-9-4-3-5-10-20)25(29)21-14-19(33-2)11-12-22(21)27/h3-15H,16H2,1-2H3,(H,26,28). The number of fused-ring (bicyclic) bond motifs is 1. The minimum absolute atomic E-state index is 0.0123. The lowest BCUT2D eigenvalue weighted by atomic mass is 10.2. The van der Waals surface area contributed by atoms with Gasteiger partial charge in [0.2, 0.25) is 21.2 Å². The molecule has 1 N–H and O–H groups in total. The molecular weight excluding hydrogens is 456 g/mol. The lowest BCUT2D eigenvalue weighted by Gasteiger charge is -2.15. The summed E-state index contributed by atoms with van der Waals surface area (Å²) >= 11 is 0. The maximum absolute atomic E-state index is 13.3. The van der Waals surface area contributed by atoms with Gasteiger partial charge in [-0.1, -0.05) is 24.3 Å². The molecule has 4 aromatic rings. The molecule has 8 nitrogen and oxygen atoms in total. The van der Waals surface area contributed by atoms with E-state index in [9.17, 15) is 18.0 Å². The highest BCUT2D eigenvalue weighted by atomic mass is 32.2. The number of benzene rings is 3. The van der Waals surface area contributed by atoms with Crippen LogP contribution in [0, 0.1) is 0 Å². The summed E-state index contributed by atoms with van der Waals surface area (Å²) in [6.07, 6.45) is 1.21. The SMILES string of the molecule is COc1cccc(NC(=O)Cn2cc(S(=O)(=O)c3ccccc3)c(=O)c3cc(OC)ccc32)c1. The molecule has 0 bridgehead atoms. The topological polar surface area (TPSA) is 104 Å². The number of sulfone groups is 1. The lowest BCUT2D eigenvalue weighted by molar-refractivity contribution is -0.116. The van der Waals surface area contributed by atoms with Gasteiger partial charge >= 0.3 is 0 Å². The van der Waals surface area contributed by atoms with Crippen molar-refractivity contribution in [2.24, 2.45) is 0 Å². The first kappa shape index (κ1) is 23.1. The second kappa shape index (κ2) is 9.40. The molecule has 0 radical (unpaired) electrons. The predicted molar refractivity (Wildman–Crippen MR) is 128 cm³/mol. The van der Waals surface area contributed by atoms with Crippen LogP contribution in [0.15, 0.2) is 93.6 Å². The zero-order valence-electron chi connectivity index (χ0n) is 18.5. The van der Waals surface area contributed by atoms with Crippen molar-refractivity contribution < 1.29 is 22.7 Å². The van der Waals surface area contributed by atoms with E-state index in [4.69, 9.17) is 9.47 Å². The second-order valence-corrected chi connectivity index (χ2v) is 9.35. The number of hydrogen-bond donors (Lipinski definition) is 1. The van der Waals surface area contributed by atoms with Gasteiger partial charge in [0.05, 0.1) is 30.0 Å². The fourth-order valence-electron chi connectivity index (χ4n) is 3.58. The zero-order valence-corrected chi connectivity index (χ0v) is 19.3. The molecule has 0 saturated heterocycles. The average molecular weight is 479 g/mol. The normalized spacial score (nSPS) is 11.2. The van der Waals surface area contributed by atoms with Crippen molar-refractivity contribution in [2.75, 3.05) is 19.5 Å². The third-order valence-corrected chi connectivity index (χ3v) is 7.03. The summed E-state index contributed by atoms with van der Waals surface area (Å²) in [4.78, 5) is 25.7. The van der Waals surface area contributed by atoms with E-state index in [0.29, 0.717) is 22.7 Å². The van der Waals surface area contributed by atoms with Crippen molar-refractivity contribution in [1.29, 1.82) is 0 Å². The van der Waals surface area contributed by atoms with E-state index in [-0.39, 0.29) is 16.8 Å². The lowest BCUT2D eigenvalue weighted by Crippen LogP contribution is -2.24. The fraction of sp³-hybridized carbons (Fsp3) is 0.120. The van der Waals surface area contributed by atoms with E-state index in [2.05, 4.69) is 5.32 Å². The largest absolute Gasteiger partial charge is 0.497 e. The third-order valence-electron chi connectivity index (χ3n) is 5.27. The van der Waals surface area contributed by atoms with Crippen molar-refractivity contribution in [3.63, 3.8) is 0 Å². The highest BCUT2D eigenvalue weighted by Gasteiger charge is 2.24. The smallest absolute Gasteiger partial charge is 0.244 e. The average Bonchev–Trinajstić information content (AvgIpc) is 2.86. The van der Waals surface area contributed by atoms with E-state index in [1.807, 2.05) is 0 Å². The Kier molecular flexibility index (Phi) is 6.38. The summed E-state index contributed by atoms with van der Waals surface area (Å²) < 4.78 is 38.4. The van der Waals surface area contributed by atoms with Gasteiger partial charge < -0.3 is 19.4 Å². The maximum atomic E-state index is 13.3. The molecule has 0 spiro atoms. The molecule has 0 fully saturated rings. The first-order valence-electron chi connectivity index (χ1n) is 10.3. The van der Waals surface area contributed by atoms with Gasteiger partial charge in [-0.3, -0.25) is 9.59 Å². The minimum atomic E-state index is -4.13. The number of anilines is 1. The van der Waals surface area contributed by atoms with E-state index >= 15 is 0 Å². The maximum Gasteiger partial charge on any atom is 0.244 e. The van der Waals surface area contributed by atoms with E-state index in [1.54, 1.807) is 54.6 Å². The van der Waals surface area contributed by atoms with E-state index in [1.165, 1.54) is 43.2 Å². The zero-order chi connectivity index (χ0) is 24.3. The fourth-order valence-corrected chi connectivity index (χ4v) is 4.97. The number of amides is 1. The number of carbonyl (C=O) groups excluding carboxylic acids is 1. The molecule has 0 aliphatic rings. The highest BCUT2D eigenvalue weighted by molar-refractivity contribution is 7.91. The molecule has 9 heteroatoms. The van der Waals surface area contributed by atoms with Gasteiger partial charge in [0.15, 0.2) is 0 Å². The molecule has 174 valence electrons. The Morgan fingerprint density at radius 3 is 2.32 bits per heavy atom. The molecule has 0 saturated carbocycles. The Bertz CT molecular complexity index is 1530. The van der Waals surface area contributed by atoms with Crippen LogP contribution in [0.25, 0.3) is 10.9 Å². The number of nitrogens with zero attached hydrogens (tertiary/aromatic N) is 1. The Hall–Kier alpha value is -4.11. The van der Waals surface area contributed by atoms with Crippen LogP contribution in [0.2, 0.25) is 0 Å². The molecule has 1 heterocycles. The molecule has 3 aromatic carbocycles. The van der Waals surface area contributed by atoms with E-state index < -0.39 is 26.1 Å². The van der Waals surface area contributed by atoms with Gasteiger partial charge in [-0.15, -0.1) is 0 Å². The number of ether oxygens (including phenoxy) is 2. The predicted octanol–water partition coefficient (Wildman–Crippen LogP) is 3.49. The van der Waals surface area contributed by atoms with Gasteiger partial charge in [-0.2, -0.15) is 0 Å². The van der Waals surface area contributed by atoms with Crippen molar-refractivity contribution in [1.82, 2.24) is 4.57 Å². The first-order valence-corrected chi connectivity index (χ1v) is 11.8. The third kappa shape index (κ3) is 4.51. The number of nitrogens with one attached hydrogen (secondary N) is 1. The molecule has 0 atom stereocenters. The summed E-state index contributed by atoms with van der Waals surface area (Å²) in [6.45, 7) is -0.225. The summed E-state index contributed by atoms with van der Waals surface area (Å²) in [7, 11) is -1.15. The minimum Gasteiger partial charge on any atom is -0.497 e. The van der Waals surface area contributed by atoms with E-state index in [0.717, 1.165) is 0 Å². The van der Waals surface area contributed by atoms with Crippen LogP contribution < -0.4 is 20.2 Å². The Balaban J connectivity index is 1.81. The number of carbonyl (C=O) groups is 1. The van der Waals surface area contributed by atoms with Crippen LogP contribution in [-0.4, -0.2) is 33.1 Å². The Morgan fingerprint density at radius 2 is 1.62 bits per heavy atom. The molecular formula is C25H22N2O6S. The molecule has 4 rings (SSSR count). The first-order chi connectivity index (χ1) is 16.3. The van der Waals surface area contributed by atoms with Crippen LogP contribution in [0.3, 0.4) is 0 Å². The molecule has 0 aliphatic heterocycles. The van der Waals surface area contributed by atoms with Gasteiger partial charge in [0.25, 0.3) is 0 Å². The van der Waals surface area contributed by atoms with Gasteiger partial charge in [0, 0.05) is 18.0 Å². The van der Waals surface area contributed by atoms with Crippen LogP contribution in [0.5, 0.6) is 11.5 Å². The van der Waals surface area contributed by atoms with Crippen LogP contribution in [-0.2, 0) is 21.2 Å². The van der Waals surface area contributed by atoms with Crippen LogP contribution in [0.1, 0.15) is 0 Å². The number of hydrogen-bond acceptors (Lipinski definition) is 6. The van der Waals surface area contributed by atoms with Crippen molar-refractivity contribution in [3.8, 4) is 11.5 Å². The van der Waals surface area contributed by atoms with Gasteiger partial charge in [0.1, 0.15) is 22.9 Å². The van der Waals surface area contributed by atoms with Crippen molar-refractivity contribution in [3.05, 3.63) is 89.2 Å². The van der Waals surface area contributed by atoms with Crippen LogP contribution >= 0.6 is 0 Å². The monoisotopic (exact) mass is 478 g/mol. The summed E-state index contributed by atoms with van der Waals surface area (Å²) in [5.41, 5.74) is 0.259. The molecule has 1 amide bonds.